The van der Waals surface area contributed by atoms with E-state index < -0.39 is 0 Å². The molecule has 2 aliphatic heterocycles. The van der Waals surface area contributed by atoms with Crippen LogP contribution in [0.15, 0.2) is 95.5 Å². The van der Waals surface area contributed by atoms with E-state index in [1.807, 2.05) is 6.20 Å². The van der Waals surface area contributed by atoms with Crippen LogP contribution >= 0.6 is 11.6 Å². The molecule has 7 rings (SSSR count). The van der Waals surface area contributed by atoms with Gasteiger partial charge in [-0.3, -0.25) is 4.99 Å². The molecule has 7 heteroatoms. The first-order valence-corrected chi connectivity index (χ1v) is 19.9. The van der Waals surface area contributed by atoms with E-state index >= 15 is 0 Å². The number of aliphatic imine (C=N–C) groups is 1. The van der Waals surface area contributed by atoms with Crippen molar-refractivity contribution >= 4 is 28.3 Å². The Morgan fingerprint density at radius 2 is 1.77 bits per heavy atom. The normalized spacial score (nSPS) is 17.9. The standard InChI is InChI=1S/C46H53ClN6/c1-7-30(5)46(20-21-46)29-49-28-41-32(8-2)24-36(25-33(41)9-3)53-23-19-39-37(18-22-50-45(39)53)38-12-11-13-40(44(38)47)43-17-15-34(42(10-4)52-43)26-48-27-35-16-14-31(6)51-35/h1,11-13,18-19,22-25,35,48-49,51H,5-6,8-10,14-17,20-21,26-29H2,2-4H3. The molecule has 1 saturated heterocycles. The fraction of sp³-hybridized carbons (Fsp3) is 0.391. The molecule has 0 amide bonds. The summed E-state index contributed by atoms with van der Waals surface area (Å²) in [6.07, 6.45) is 18.9. The Bertz CT molecular complexity index is 2130. The van der Waals surface area contributed by atoms with Crippen molar-refractivity contribution in [3.8, 4) is 29.2 Å². The summed E-state index contributed by atoms with van der Waals surface area (Å²) in [5.74, 6) is 2.79. The lowest BCUT2D eigenvalue weighted by Gasteiger charge is -2.22. The Morgan fingerprint density at radius 3 is 2.45 bits per heavy atom. The van der Waals surface area contributed by atoms with Crippen molar-refractivity contribution in [2.45, 2.75) is 91.1 Å². The van der Waals surface area contributed by atoms with Gasteiger partial charge in [0, 0.05) is 94.9 Å². The molecule has 4 heterocycles. The zero-order valence-electron chi connectivity index (χ0n) is 31.7. The van der Waals surface area contributed by atoms with E-state index in [1.165, 1.54) is 28.0 Å². The van der Waals surface area contributed by atoms with Gasteiger partial charge in [0.2, 0.25) is 0 Å². The van der Waals surface area contributed by atoms with Crippen molar-refractivity contribution in [2.75, 3.05) is 19.6 Å². The van der Waals surface area contributed by atoms with Gasteiger partial charge in [-0.15, -0.1) is 6.42 Å². The van der Waals surface area contributed by atoms with Gasteiger partial charge < -0.3 is 20.5 Å². The van der Waals surface area contributed by atoms with Gasteiger partial charge in [0.25, 0.3) is 0 Å². The van der Waals surface area contributed by atoms with E-state index in [9.17, 15) is 0 Å². The highest BCUT2D eigenvalue weighted by Gasteiger charge is 2.44. The number of pyridine rings is 1. The third kappa shape index (κ3) is 7.53. The van der Waals surface area contributed by atoms with Crippen molar-refractivity contribution in [2.24, 2.45) is 10.4 Å². The zero-order chi connectivity index (χ0) is 37.1. The number of halogens is 1. The van der Waals surface area contributed by atoms with Crippen molar-refractivity contribution < 1.29 is 0 Å². The second kappa shape index (κ2) is 15.9. The van der Waals surface area contributed by atoms with Crippen LogP contribution in [0.3, 0.4) is 0 Å². The monoisotopic (exact) mass is 724 g/mol. The van der Waals surface area contributed by atoms with Gasteiger partial charge in [-0.05, 0) is 110 Å². The Hall–Kier alpha value is -4.41. The van der Waals surface area contributed by atoms with Crippen molar-refractivity contribution in [1.29, 1.82) is 0 Å². The highest BCUT2D eigenvalue weighted by molar-refractivity contribution is 6.37. The maximum Gasteiger partial charge on any atom is 0.145 e. The average molecular weight is 725 g/mol. The van der Waals surface area contributed by atoms with Crippen LogP contribution < -0.4 is 16.0 Å². The number of fused-ring (bicyclic) bond motifs is 1. The van der Waals surface area contributed by atoms with Crippen LogP contribution in [-0.2, 0) is 19.4 Å². The van der Waals surface area contributed by atoms with Crippen LogP contribution in [0.5, 0.6) is 0 Å². The summed E-state index contributed by atoms with van der Waals surface area (Å²) >= 11 is 7.32. The zero-order valence-corrected chi connectivity index (χ0v) is 32.4. The number of allylic oxidation sites excluding steroid dienone is 2. The van der Waals surface area contributed by atoms with Crippen LogP contribution in [0.2, 0.25) is 5.02 Å². The van der Waals surface area contributed by atoms with Gasteiger partial charge >= 0.3 is 0 Å². The number of aromatic nitrogens is 2. The van der Waals surface area contributed by atoms with Crippen molar-refractivity contribution in [1.82, 2.24) is 25.5 Å². The van der Waals surface area contributed by atoms with Gasteiger partial charge in [-0.25, -0.2) is 4.98 Å². The van der Waals surface area contributed by atoms with Crippen molar-refractivity contribution in [3.63, 3.8) is 0 Å². The number of rotatable bonds is 15. The van der Waals surface area contributed by atoms with Crippen LogP contribution in [-0.4, -0.2) is 40.9 Å². The molecule has 1 atom stereocenters. The minimum Gasteiger partial charge on any atom is -0.385 e. The molecule has 1 unspecified atom stereocenters. The fourth-order valence-corrected chi connectivity index (χ4v) is 8.63. The Labute approximate surface area is 320 Å². The van der Waals surface area contributed by atoms with E-state index in [4.69, 9.17) is 28.0 Å². The first-order chi connectivity index (χ1) is 25.8. The maximum atomic E-state index is 7.32. The number of nitrogens with one attached hydrogen (secondary N) is 3. The molecule has 1 aliphatic carbocycles. The number of hydrogen-bond donors (Lipinski definition) is 3. The van der Waals surface area contributed by atoms with Gasteiger partial charge in [0.05, 0.1) is 5.02 Å². The lowest BCUT2D eigenvalue weighted by molar-refractivity contribution is 0.533. The molecule has 4 aromatic rings. The maximum absolute atomic E-state index is 7.32. The third-order valence-electron chi connectivity index (χ3n) is 11.7. The third-order valence-corrected chi connectivity index (χ3v) is 12.1. The van der Waals surface area contributed by atoms with Crippen molar-refractivity contribution in [3.05, 3.63) is 118 Å². The average Bonchev–Trinajstić information content (AvgIpc) is 3.65. The van der Waals surface area contributed by atoms with Crippen LogP contribution in [0, 0.1) is 17.8 Å². The first kappa shape index (κ1) is 36.9. The molecule has 1 saturated carbocycles. The molecule has 2 aromatic heterocycles. The minimum absolute atomic E-state index is 0.0765. The molecule has 0 bridgehead atoms. The fourth-order valence-electron chi connectivity index (χ4n) is 8.29. The lowest BCUT2D eigenvalue weighted by Crippen LogP contribution is -2.34. The van der Waals surface area contributed by atoms with E-state index in [-0.39, 0.29) is 5.41 Å². The summed E-state index contributed by atoms with van der Waals surface area (Å²) in [5.41, 5.74) is 15.0. The van der Waals surface area contributed by atoms with E-state index in [0.717, 1.165) is 139 Å². The second-order valence-corrected chi connectivity index (χ2v) is 15.4. The summed E-state index contributed by atoms with van der Waals surface area (Å²) < 4.78 is 2.22. The molecule has 3 N–H and O–H groups in total. The van der Waals surface area contributed by atoms with Gasteiger partial charge in [0.15, 0.2) is 0 Å². The summed E-state index contributed by atoms with van der Waals surface area (Å²) in [6, 6.07) is 15.7. The molecule has 274 valence electrons. The number of benzene rings is 2. The summed E-state index contributed by atoms with van der Waals surface area (Å²) in [5, 5.41) is 12.7. The molecular formula is C46H53ClN6. The summed E-state index contributed by atoms with van der Waals surface area (Å²) in [4.78, 5) is 10.1. The molecular weight excluding hydrogens is 672 g/mol. The molecule has 6 nitrogen and oxygen atoms in total. The summed E-state index contributed by atoms with van der Waals surface area (Å²) in [6.45, 7) is 18.4. The smallest absolute Gasteiger partial charge is 0.145 e. The number of nitrogens with zero attached hydrogens (tertiary/aromatic N) is 3. The predicted molar refractivity (Wildman–Crippen MR) is 223 cm³/mol. The lowest BCUT2D eigenvalue weighted by atomic mass is 9.93. The predicted octanol–water partition coefficient (Wildman–Crippen LogP) is 9.63. The number of aryl methyl sites for hydroxylation is 2. The van der Waals surface area contributed by atoms with Gasteiger partial charge in [-0.2, -0.15) is 0 Å². The van der Waals surface area contributed by atoms with E-state index in [0.29, 0.717) is 6.04 Å². The Morgan fingerprint density at radius 1 is 1.00 bits per heavy atom. The quantitative estimate of drug-likeness (QED) is 0.107. The number of hydrogen-bond acceptors (Lipinski definition) is 5. The van der Waals surface area contributed by atoms with Crippen LogP contribution in [0.4, 0.5) is 0 Å². The highest BCUT2D eigenvalue weighted by atomic mass is 35.5. The van der Waals surface area contributed by atoms with Gasteiger partial charge in [0.1, 0.15) is 5.65 Å². The summed E-state index contributed by atoms with van der Waals surface area (Å²) in [7, 11) is 0. The minimum atomic E-state index is 0.0765. The topological polar surface area (TPSA) is 66.3 Å². The molecule has 3 aliphatic rings. The van der Waals surface area contributed by atoms with Crippen LogP contribution in [0.25, 0.3) is 27.8 Å². The first-order valence-electron chi connectivity index (χ1n) is 19.5. The van der Waals surface area contributed by atoms with E-state index in [1.54, 1.807) is 0 Å². The molecule has 0 spiro atoms. The second-order valence-electron chi connectivity index (χ2n) is 15.0. The number of terminal acetylenes is 1. The van der Waals surface area contributed by atoms with Gasteiger partial charge in [-0.1, -0.05) is 69.6 Å². The Balaban J connectivity index is 1.14. The van der Waals surface area contributed by atoms with E-state index in [2.05, 4.69) is 109 Å². The Kier molecular flexibility index (Phi) is 11.1. The molecule has 53 heavy (non-hydrogen) atoms. The largest absolute Gasteiger partial charge is 0.385 e. The SMILES string of the molecule is C#CC(=C)C1(CNCc2c(CC)cc(-n3ccc4c(-c5cccc(C6=NC(CC)=C(CNCC7CCC(=C)N7)CC6)c5Cl)ccnc43)cc2CC)CC1. The highest BCUT2D eigenvalue weighted by Crippen LogP contribution is 2.50. The molecule has 0 radical (unpaired) electrons. The molecule has 2 fully saturated rings. The molecule has 2 aromatic carbocycles. The van der Waals surface area contributed by atoms with Crippen LogP contribution in [0.1, 0.15) is 88.0 Å².